The zero-order valence-corrected chi connectivity index (χ0v) is 22.3. The highest BCUT2D eigenvalue weighted by molar-refractivity contribution is 5.78. The lowest BCUT2D eigenvalue weighted by molar-refractivity contribution is -0.123. The average Bonchev–Trinajstić information content (AvgIpc) is 3.30. The van der Waals surface area contributed by atoms with Crippen molar-refractivity contribution in [2.24, 2.45) is 0 Å². The van der Waals surface area contributed by atoms with E-state index in [9.17, 15) is 9.59 Å². The molecule has 0 saturated carbocycles. The van der Waals surface area contributed by atoms with E-state index in [0.29, 0.717) is 6.54 Å². The molecule has 0 radical (unpaired) electrons. The number of para-hydroxylation sites is 2. The van der Waals surface area contributed by atoms with Crippen molar-refractivity contribution < 1.29 is 9.53 Å². The summed E-state index contributed by atoms with van der Waals surface area (Å²) in [6.07, 6.45) is 8.02. The monoisotopic (exact) mass is 525 g/mol. The van der Waals surface area contributed by atoms with Crippen LogP contribution in [0.3, 0.4) is 0 Å². The largest absolute Gasteiger partial charge is 0.497 e. The molecule has 4 aromatic rings. The normalized spacial score (nSPS) is 20.0. The summed E-state index contributed by atoms with van der Waals surface area (Å²) in [5.41, 5.74) is 5.51. The van der Waals surface area contributed by atoms with Crippen molar-refractivity contribution in [3.05, 3.63) is 94.2 Å². The maximum atomic E-state index is 13.3. The molecular weight excluding hydrogens is 490 g/mol. The van der Waals surface area contributed by atoms with Gasteiger partial charge in [-0.1, -0.05) is 24.3 Å². The molecule has 2 atom stereocenters. The van der Waals surface area contributed by atoms with Gasteiger partial charge < -0.3 is 15.0 Å². The van der Waals surface area contributed by atoms with Crippen molar-refractivity contribution in [1.29, 1.82) is 0 Å². The number of methoxy groups -OCH3 is 1. The van der Waals surface area contributed by atoms with Gasteiger partial charge in [0.2, 0.25) is 5.91 Å². The van der Waals surface area contributed by atoms with Crippen LogP contribution in [-0.4, -0.2) is 58.1 Å². The molecule has 6 rings (SSSR count). The number of nitrogens with zero attached hydrogens (tertiary/aromatic N) is 3. The van der Waals surface area contributed by atoms with E-state index in [1.807, 2.05) is 47.2 Å². The molecule has 1 aliphatic carbocycles. The maximum Gasteiger partial charge on any atom is 0.326 e. The highest BCUT2D eigenvalue weighted by Crippen LogP contribution is 2.36. The first-order valence-corrected chi connectivity index (χ1v) is 13.9. The number of imidazole rings is 1. The van der Waals surface area contributed by atoms with Gasteiger partial charge in [-0.05, 0) is 79.1 Å². The van der Waals surface area contributed by atoms with E-state index in [4.69, 9.17) is 4.74 Å². The van der Waals surface area contributed by atoms with E-state index in [-0.39, 0.29) is 29.6 Å². The van der Waals surface area contributed by atoms with Gasteiger partial charge >= 0.3 is 5.69 Å². The standard InChI is InChI=1S/C31H35N5O3/c1-39-24-9-10-25-22(18-24)8-11-27(26(25)17-21-5-4-14-32-19-21)33-30(37)20-35-15-12-23(13-16-35)36-29-7-3-2-6-28(29)34-31(36)38/h2-7,9-10,14,18-19,23,26-27H,8,11-13,15-17,20H2,1H3,(H,33,37)(H,34,38)/t26-,27?/m1/s1. The van der Waals surface area contributed by atoms with Gasteiger partial charge in [-0.25, -0.2) is 4.79 Å². The lowest BCUT2D eigenvalue weighted by Crippen LogP contribution is -2.48. The summed E-state index contributed by atoms with van der Waals surface area (Å²) < 4.78 is 7.36. The minimum absolute atomic E-state index is 0.0535. The predicted molar refractivity (Wildman–Crippen MR) is 151 cm³/mol. The Hall–Kier alpha value is -3.91. The second-order valence-corrected chi connectivity index (χ2v) is 10.8. The van der Waals surface area contributed by atoms with Crippen molar-refractivity contribution in [3.63, 3.8) is 0 Å². The van der Waals surface area contributed by atoms with Gasteiger partial charge in [0, 0.05) is 43.5 Å². The summed E-state index contributed by atoms with van der Waals surface area (Å²) in [7, 11) is 1.70. The van der Waals surface area contributed by atoms with Crippen LogP contribution in [0.5, 0.6) is 5.75 Å². The van der Waals surface area contributed by atoms with Gasteiger partial charge in [0.15, 0.2) is 0 Å². The van der Waals surface area contributed by atoms with Crippen LogP contribution in [0.2, 0.25) is 0 Å². The molecule has 2 aromatic heterocycles. The number of hydrogen-bond acceptors (Lipinski definition) is 5. The first kappa shape index (κ1) is 25.4. The van der Waals surface area contributed by atoms with Crippen LogP contribution in [0.15, 0.2) is 71.8 Å². The fraction of sp³-hybridized carbons (Fsp3) is 0.387. The highest BCUT2D eigenvalue weighted by atomic mass is 16.5. The van der Waals surface area contributed by atoms with Crippen LogP contribution in [0, 0.1) is 0 Å². The fourth-order valence-corrected chi connectivity index (χ4v) is 6.44. The molecule has 2 aliphatic rings. The number of hydrogen-bond donors (Lipinski definition) is 2. The molecule has 2 aromatic carbocycles. The Balaban J connectivity index is 1.11. The van der Waals surface area contributed by atoms with Crippen molar-refractivity contribution in [2.75, 3.05) is 26.7 Å². The molecule has 1 aliphatic heterocycles. The SMILES string of the molecule is COc1ccc2c(c1)CCC(NC(=O)CN1CCC(n3c(=O)[nH]c4ccccc43)CC1)[C@@H]2Cc1cccnc1. The summed E-state index contributed by atoms with van der Waals surface area (Å²) in [6, 6.07) is 18.4. The molecule has 0 bridgehead atoms. The second kappa shape index (κ2) is 11.1. The summed E-state index contributed by atoms with van der Waals surface area (Å²) in [4.78, 5) is 35.4. The minimum Gasteiger partial charge on any atom is -0.497 e. The van der Waals surface area contributed by atoms with E-state index >= 15 is 0 Å². The molecule has 8 nitrogen and oxygen atoms in total. The number of nitrogens with one attached hydrogen (secondary N) is 2. The number of H-pyrrole nitrogens is 1. The first-order chi connectivity index (χ1) is 19.1. The Morgan fingerprint density at radius 3 is 2.74 bits per heavy atom. The molecule has 1 amide bonds. The maximum absolute atomic E-state index is 13.3. The minimum atomic E-state index is -0.0535. The van der Waals surface area contributed by atoms with Crippen LogP contribution in [-0.2, 0) is 17.6 Å². The number of aryl methyl sites for hydroxylation is 1. The van der Waals surface area contributed by atoms with Crippen molar-refractivity contribution in [1.82, 2.24) is 24.8 Å². The number of carbonyl (C=O) groups excluding carboxylic acids is 1. The fourth-order valence-electron chi connectivity index (χ4n) is 6.44. The summed E-state index contributed by atoms with van der Waals surface area (Å²) in [5.74, 6) is 1.11. The zero-order chi connectivity index (χ0) is 26.8. The Kier molecular flexibility index (Phi) is 7.20. The number of fused-ring (bicyclic) bond motifs is 2. The third-order valence-electron chi connectivity index (χ3n) is 8.40. The Morgan fingerprint density at radius 1 is 1.10 bits per heavy atom. The van der Waals surface area contributed by atoms with E-state index in [0.717, 1.165) is 62.0 Å². The number of piperidine rings is 1. The smallest absolute Gasteiger partial charge is 0.326 e. The number of likely N-dealkylation sites (tertiary alicyclic amines) is 1. The number of aromatic nitrogens is 3. The molecule has 0 spiro atoms. The number of aromatic amines is 1. The van der Waals surface area contributed by atoms with Crippen LogP contribution < -0.4 is 15.7 Å². The third-order valence-corrected chi connectivity index (χ3v) is 8.40. The average molecular weight is 526 g/mol. The molecule has 8 heteroatoms. The molecule has 1 saturated heterocycles. The second-order valence-electron chi connectivity index (χ2n) is 10.8. The number of rotatable bonds is 7. The highest BCUT2D eigenvalue weighted by Gasteiger charge is 2.32. The molecule has 1 fully saturated rings. The Labute approximate surface area is 228 Å². The van der Waals surface area contributed by atoms with Crippen molar-refractivity contribution >= 4 is 16.9 Å². The van der Waals surface area contributed by atoms with Gasteiger partial charge in [-0.2, -0.15) is 0 Å². The van der Waals surface area contributed by atoms with E-state index in [2.05, 4.69) is 38.4 Å². The zero-order valence-electron chi connectivity index (χ0n) is 22.3. The number of pyridine rings is 1. The van der Waals surface area contributed by atoms with Crippen molar-refractivity contribution in [2.45, 2.75) is 50.1 Å². The molecule has 202 valence electrons. The van der Waals surface area contributed by atoms with Crippen molar-refractivity contribution in [3.8, 4) is 5.75 Å². The lowest BCUT2D eigenvalue weighted by Gasteiger charge is -2.36. The van der Waals surface area contributed by atoms with Gasteiger partial charge in [0.25, 0.3) is 0 Å². The van der Waals surface area contributed by atoms with Gasteiger partial charge in [0.05, 0.1) is 24.7 Å². The van der Waals surface area contributed by atoms with Gasteiger partial charge in [-0.3, -0.25) is 19.2 Å². The lowest BCUT2D eigenvalue weighted by atomic mass is 9.76. The molecule has 1 unspecified atom stereocenters. The predicted octanol–water partition coefficient (Wildman–Crippen LogP) is 3.83. The van der Waals surface area contributed by atoms with E-state index < -0.39 is 0 Å². The molecule has 39 heavy (non-hydrogen) atoms. The van der Waals surface area contributed by atoms with Gasteiger partial charge in [0.1, 0.15) is 5.75 Å². The molecule has 3 heterocycles. The quantitative estimate of drug-likeness (QED) is 0.383. The van der Waals surface area contributed by atoms with Crippen LogP contribution in [0.25, 0.3) is 11.0 Å². The summed E-state index contributed by atoms with van der Waals surface area (Å²) in [5, 5.41) is 3.39. The summed E-state index contributed by atoms with van der Waals surface area (Å²) >= 11 is 0. The number of ether oxygens (including phenoxy) is 1. The number of amides is 1. The van der Waals surface area contributed by atoms with Crippen LogP contribution in [0.1, 0.15) is 47.9 Å². The van der Waals surface area contributed by atoms with E-state index in [1.165, 1.54) is 16.7 Å². The number of carbonyl (C=O) groups is 1. The first-order valence-electron chi connectivity index (χ1n) is 13.9. The Bertz CT molecular complexity index is 1500. The van der Waals surface area contributed by atoms with E-state index in [1.54, 1.807) is 13.3 Å². The topological polar surface area (TPSA) is 92.2 Å². The number of benzene rings is 2. The molecular formula is C31H35N5O3. The summed E-state index contributed by atoms with van der Waals surface area (Å²) in [6.45, 7) is 1.95. The molecule has 2 N–H and O–H groups in total. The Morgan fingerprint density at radius 2 is 1.95 bits per heavy atom. The van der Waals surface area contributed by atoms with Gasteiger partial charge in [-0.15, -0.1) is 0 Å². The third kappa shape index (κ3) is 5.34. The van der Waals surface area contributed by atoms with Crippen LogP contribution in [0.4, 0.5) is 0 Å². The van der Waals surface area contributed by atoms with Crippen LogP contribution >= 0.6 is 0 Å².